The fourth-order valence-electron chi connectivity index (χ4n) is 5.10. The van der Waals surface area contributed by atoms with Gasteiger partial charge in [-0.3, -0.25) is 9.47 Å². The fourth-order valence-corrected chi connectivity index (χ4v) is 5.10. The molecule has 2 aromatic rings. The average Bonchev–Trinajstić information content (AvgIpc) is 2.99. The van der Waals surface area contributed by atoms with E-state index in [-0.39, 0.29) is 23.2 Å². The lowest BCUT2D eigenvalue weighted by atomic mass is 9.79. The monoisotopic (exact) mass is 390 g/mol. The third kappa shape index (κ3) is 3.52. The Morgan fingerprint density at radius 1 is 1.21 bits per heavy atom. The zero-order valence-electron chi connectivity index (χ0n) is 17.2. The van der Waals surface area contributed by atoms with Gasteiger partial charge in [-0.25, -0.2) is 9.18 Å². The molecule has 0 atom stereocenters. The van der Waals surface area contributed by atoms with Crippen LogP contribution in [0.5, 0.6) is 0 Å². The van der Waals surface area contributed by atoms with Crippen LogP contribution in [0.1, 0.15) is 64.0 Å². The van der Waals surface area contributed by atoms with Crippen LogP contribution < -0.4 is 5.76 Å². The normalized spacial score (nSPS) is 27.5. The van der Waals surface area contributed by atoms with Gasteiger partial charge in [0.1, 0.15) is 5.82 Å². The van der Waals surface area contributed by atoms with E-state index < -0.39 is 0 Å². The molecule has 2 heterocycles. The first-order valence-electron chi connectivity index (χ1n) is 10.6. The first-order chi connectivity index (χ1) is 13.4. The lowest BCUT2D eigenvalue weighted by Crippen LogP contribution is -2.52. The second kappa shape index (κ2) is 7.64. The number of benzene rings is 1. The zero-order chi connectivity index (χ0) is 19.9. The van der Waals surface area contributed by atoms with E-state index in [1.165, 1.54) is 6.07 Å². The Kier molecular flexibility index (Phi) is 5.36. The molecule has 0 radical (unpaired) electrons. The lowest BCUT2D eigenvalue weighted by molar-refractivity contribution is -0.0274. The van der Waals surface area contributed by atoms with E-state index >= 15 is 0 Å². The minimum Gasteiger partial charge on any atom is -0.408 e. The standard InChI is InChI=1S/C22H31FN2O3/c1-4-27-17-5-9-22(3,10-6-17)24-11-7-16(8-12-24)25-19-13-15(2)18(23)14-20(19)28-21(25)26/h13-14,16-17H,4-12H2,1-3H3/t17-,22-. The number of rotatable bonds is 4. The first kappa shape index (κ1) is 19.6. The Bertz CT molecular complexity index is 887. The predicted octanol–water partition coefficient (Wildman–Crippen LogP) is 4.42. The van der Waals surface area contributed by atoms with Crippen molar-refractivity contribution in [3.8, 4) is 0 Å². The summed E-state index contributed by atoms with van der Waals surface area (Å²) in [6, 6.07) is 3.17. The molecule has 4 rings (SSSR count). The van der Waals surface area contributed by atoms with E-state index in [1.807, 2.05) is 0 Å². The Morgan fingerprint density at radius 3 is 2.54 bits per heavy atom. The van der Waals surface area contributed by atoms with Gasteiger partial charge in [0.15, 0.2) is 5.58 Å². The van der Waals surface area contributed by atoms with Crippen molar-refractivity contribution in [2.75, 3.05) is 19.7 Å². The maximum Gasteiger partial charge on any atom is 0.420 e. The highest BCUT2D eigenvalue weighted by atomic mass is 19.1. The van der Waals surface area contributed by atoms with Gasteiger partial charge >= 0.3 is 5.76 Å². The fraction of sp³-hybridized carbons (Fsp3) is 0.682. The minimum absolute atomic E-state index is 0.109. The number of likely N-dealkylation sites (tertiary alicyclic amines) is 1. The molecule has 28 heavy (non-hydrogen) atoms. The van der Waals surface area contributed by atoms with E-state index in [9.17, 15) is 9.18 Å². The van der Waals surface area contributed by atoms with E-state index in [0.717, 1.165) is 58.2 Å². The molecule has 1 aromatic carbocycles. The van der Waals surface area contributed by atoms with E-state index in [1.54, 1.807) is 17.6 Å². The quantitative estimate of drug-likeness (QED) is 0.776. The van der Waals surface area contributed by atoms with Gasteiger partial charge in [-0.05, 0) is 70.9 Å². The number of nitrogens with zero attached hydrogens (tertiary/aromatic N) is 2. The summed E-state index contributed by atoms with van der Waals surface area (Å²) >= 11 is 0. The second-order valence-electron chi connectivity index (χ2n) is 8.68. The van der Waals surface area contributed by atoms with Crippen LogP contribution in [-0.2, 0) is 4.74 Å². The van der Waals surface area contributed by atoms with Crippen molar-refractivity contribution in [1.29, 1.82) is 0 Å². The molecular weight excluding hydrogens is 359 g/mol. The van der Waals surface area contributed by atoms with Crippen molar-refractivity contribution < 1.29 is 13.5 Å². The molecule has 1 aliphatic heterocycles. The Balaban J connectivity index is 1.46. The van der Waals surface area contributed by atoms with Crippen LogP contribution >= 0.6 is 0 Å². The van der Waals surface area contributed by atoms with E-state index in [4.69, 9.17) is 9.15 Å². The van der Waals surface area contributed by atoms with Gasteiger partial charge in [0, 0.05) is 37.3 Å². The van der Waals surface area contributed by atoms with Crippen molar-refractivity contribution in [1.82, 2.24) is 9.47 Å². The Labute approximate surface area is 165 Å². The maximum absolute atomic E-state index is 13.8. The minimum atomic E-state index is -0.373. The number of fused-ring (bicyclic) bond motifs is 1. The molecule has 0 bridgehead atoms. The predicted molar refractivity (Wildman–Crippen MR) is 107 cm³/mol. The number of aryl methyl sites for hydroxylation is 1. The number of aromatic nitrogens is 1. The van der Waals surface area contributed by atoms with Crippen LogP contribution in [0.15, 0.2) is 21.3 Å². The van der Waals surface area contributed by atoms with Gasteiger partial charge in [-0.1, -0.05) is 0 Å². The topological polar surface area (TPSA) is 47.6 Å². The van der Waals surface area contributed by atoms with Crippen LogP contribution in [0, 0.1) is 12.7 Å². The largest absolute Gasteiger partial charge is 0.420 e. The highest BCUT2D eigenvalue weighted by molar-refractivity contribution is 5.74. The molecule has 1 saturated carbocycles. The summed E-state index contributed by atoms with van der Waals surface area (Å²) in [6.45, 7) is 8.90. The molecule has 2 fully saturated rings. The van der Waals surface area contributed by atoms with Crippen molar-refractivity contribution >= 4 is 11.1 Å². The van der Waals surface area contributed by atoms with Gasteiger partial charge in [0.05, 0.1) is 11.6 Å². The Hall–Kier alpha value is -1.66. The molecular formula is C22H31FN2O3. The molecule has 0 unspecified atom stereocenters. The number of oxazole rings is 1. The highest BCUT2D eigenvalue weighted by Crippen LogP contribution is 2.38. The summed E-state index contributed by atoms with van der Waals surface area (Å²) < 4.78 is 26.7. The van der Waals surface area contributed by atoms with Crippen LogP contribution in [0.2, 0.25) is 0 Å². The summed E-state index contributed by atoms with van der Waals surface area (Å²) in [5.74, 6) is -0.708. The third-order valence-electron chi connectivity index (χ3n) is 6.90. The zero-order valence-corrected chi connectivity index (χ0v) is 17.2. The third-order valence-corrected chi connectivity index (χ3v) is 6.90. The van der Waals surface area contributed by atoms with Gasteiger partial charge in [0.2, 0.25) is 0 Å². The van der Waals surface area contributed by atoms with Crippen molar-refractivity contribution in [3.63, 3.8) is 0 Å². The molecule has 1 aliphatic carbocycles. The van der Waals surface area contributed by atoms with Gasteiger partial charge in [-0.2, -0.15) is 0 Å². The molecule has 0 amide bonds. The lowest BCUT2D eigenvalue weighted by Gasteiger charge is -2.48. The summed E-state index contributed by atoms with van der Waals surface area (Å²) in [5, 5.41) is 0. The summed E-state index contributed by atoms with van der Waals surface area (Å²) in [6.07, 6.45) is 6.81. The number of piperidine rings is 1. The molecule has 1 saturated heterocycles. The number of hydrogen-bond donors (Lipinski definition) is 0. The Morgan fingerprint density at radius 2 is 1.89 bits per heavy atom. The SMILES string of the molecule is CCO[C@H]1CC[C@](C)(N2CCC(n3c(=O)oc4cc(F)c(C)cc43)CC2)CC1. The van der Waals surface area contributed by atoms with Crippen molar-refractivity contribution in [2.24, 2.45) is 0 Å². The van der Waals surface area contributed by atoms with E-state index in [0.29, 0.717) is 22.8 Å². The molecule has 6 heteroatoms. The number of halogens is 1. The van der Waals surface area contributed by atoms with Crippen LogP contribution in [0.3, 0.4) is 0 Å². The average molecular weight is 390 g/mol. The molecule has 2 aliphatic rings. The van der Waals surface area contributed by atoms with Crippen LogP contribution in [-0.4, -0.2) is 40.8 Å². The smallest absolute Gasteiger partial charge is 0.408 e. The molecule has 154 valence electrons. The van der Waals surface area contributed by atoms with E-state index in [2.05, 4.69) is 18.7 Å². The van der Waals surface area contributed by atoms with Gasteiger partial charge in [0.25, 0.3) is 0 Å². The van der Waals surface area contributed by atoms with Crippen molar-refractivity contribution in [2.45, 2.75) is 77.0 Å². The molecule has 1 aromatic heterocycles. The number of ether oxygens (including phenoxy) is 1. The number of hydrogen-bond acceptors (Lipinski definition) is 4. The second-order valence-corrected chi connectivity index (χ2v) is 8.68. The van der Waals surface area contributed by atoms with Gasteiger partial charge < -0.3 is 9.15 Å². The van der Waals surface area contributed by atoms with Crippen LogP contribution in [0.25, 0.3) is 11.1 Å². The van der Waals surface area contributed by atoms with Crippen molar-refractivity contribution in [3.05, 3.63) is 34.1 Å². The maximum atomic E-state index is 13.8. The molecule has 5 nitrogen and oxygen atoms in total. The summed E-state index contributed by atoms with van der Waals surface area (Å²) in [4.78, 5) is 15.1. The first-order valence-corrected chi connectivity index (χ1v) is 10.6. The highest BCUT2D eigenvalue weighted by Gasteiger charge is 2.38. The van der Waals surface area contributed by atoms with Crippen LogP contribution in [0.4, 0.5) is 4.39 Å². The summed E-state index contributed by atoms with van der Waals surface area (Å²) in [5.41, 5.74) is 1.82. The summed E-state index contributed by atoms with van der Waals surface area (Å²) in [7, 11) is 0. The molecule has 0 N–H and O–H groups in total. The van der Waals surface area contributed by atoms with Gasteiger partial charge in [-0.15, -0.1) is 0 Å². The molecule has 0 spiro atoms.